The quantitative estimate of drug-likeness (QED) is 0.348. The summed E-state index contributed by atoms with van der Waals surface area (Å²) in [5, 5.41) is 11.2. The largest absolute Gasteiger partial charge is 0.408 e. The molecule has 2 aromatic carbocycles. The van der Waals surface area contributed by atoms with E-state index >= 15 is 0 Å². The van der Waals surface area contributed by atoms with Crippen molar-refractivity contribution in [3.05, 3.63) is 65.7 Å². The lowest BCUT2D eigenvalue weighted by Gasteiger charge is -2.04. The minimum Gasteiger partial charge on any atom is -0.342 e. The van der Waals surface area contributed by atoms with Gasteiger partial charge >= 0.3 is 5.13 Å². The Balaban J connectivity index is 1.94. The summed E-state index contributed by atoms with van der Waals surface area (Å²) >= 11 is 1.64. The molecular formula is C20H19N4S+. The first-order valence-electron chi connectivity index (χ1n) is 8.16. The van der Waals surface area contributed by atoms with Crippen molar-refractivity contribution in [2.45, 2.75) is 6.92 Å². The predicted octanol–water partition coefficient (Wildman–Crippen LogP) is 5.46. The van der Waals surface area contributed by atoms with Gasteiger partial charge in [0.05, 0.1) is 23.4 Å². The highest BCUT2D eigenvalue weighted by atomic mass is 32.1. The molecule has 0 aliphatic carbocycles. The first-order chi connectivity index (χ1) is 12.1. The Morgan fingerprint density at radius 3 is 2.40 bits per heavy atom. The number of nitrogens with zero attached hydrogens (tertiary/aromatic N) is 4. The molecule has 0 amide bonds. The number of fused-ring (bicyclic) bond motifs is 1. The fourth-order valence-corrected chi connectivity index (χ4v) is 3.93. The van der Waals surface area contributed by atoms with Crippen LogP contribution < -0.4 is 4.57 Å². The van der Waals surface area contributed by atoms with E-state index in [1.54, 1.807) is 11.3 Å². The van der Waals surface area contributed by atoms with Crippen LogP contribution in [0.3, 0.4) is 0 Å². The Labute approximate surface area is 150 Å². The van der Waals surface area contributed by atoms with Crippen LogP contribution in [0.4, 0.5) is 10.8 Å². The van der Waals surface area contributed by atoms with E-state index in [-0.39, 0.29) is 0 Å². The lowest BCUT2D eigenvalue weighted by molar-refractivity contribution is -0.654. The molecule has 0 saturated carbocycles. The number of aromatic nitrogens is 2. The van der Waals surface area contributed by atoms with Crippen molar-refractivity contribution in [2.24, 2.45) is 24.3 Å². The van der Waals surface area contributed by atoms with Gasteiger partial charge in [0.2, 0.25) is 0 Å². The number of rotatable bonds is 3. The van der Waals surface area contributed by atoms with Gasteiger partial charge in [-0.25, -0.2) is 4.57 Å². The molecular weight excluding hydrogens is 328 g/mol. The first-order valence-corrected chi connectivity index (χ1v) is 8.97. The standard InChI is InChI=1S/C20H19N4S/c1-14-13-23(2)20(25-14)22-21-18-16-11-7-8-12-17(16)24(3)19(18)15-9-5-4-6-10-15/h4-13H,1-3H3/q+1. The number of para-hydroxylation sites is 1. The average molecular weight is 347 g/mol. The molecule has 0 bridgehead atoms. The van der Waals surface area contributed by atoms with Crippen LogP contribution in [0.5, 0.6) is 0 Å². The average Bonchev–Trinajstić information content (AvgIpc) is 3.10. The third kappa shape index (κ3) is 2.76. The fraction of sp³-hybridized carbons (Fsp3) is 0.150. The van der Waals surface area contributed by atoms with Crippen molar-refractivity contribution in [1.29, 1.82) is 0 Å². The molecule has 0 saturated heterocycles. The Hall–Kier alpha value is -2.79. The third-order valence-corrected chi connectivity index (χ3v) is 5.27. The molecule has 0 aliphatic rings. The summed E-state index contributed by atoms with van der Waals surface area (Å²) < 4.78 is 4.20. The van der Waals surface area contributed by atoms with Crippen LogP contribution in [0, 0.1) is 6.92 Å². The van der Waals surface area contributed by atoms with E-state index in [9.17, 15) is 0 Å². The van der Waals surface area contributed by atoms with Gasteiger partial charge in [0.15, 0.2) is 0 Å². The predicted molar refractivity (Wildman–Crippen MR) is 103 cm³/mol. The van der Waals surface area contributed by atoms with Crippen molar-refractivity contribution < 1.29 is 4.57 Å². The van der Waals surface area contributed by atoms with E-state index in [4.69, 9.17) is 0 Å². The van der Waals surface area contributed by atoms with Crippen LogP contribution in [0.25, 0.3) is 22.2 Å². The summed E-state index contributed by atoms with van der Waals surface area (Å²) in [5.41, 5.74) is 4.29. The molecule has 2 aromatic heterocycles. The van der Waals surface area contributed by atoms with E-state index in [2.05, 4.69) is 77.4 Å². The lowest BCUT2D eigenvalue weighted by atomic mass is 10.1. The normalized spacial score (nSPS) is 11.6. The maximum absolute atomic E-state index is 4.67. The molecule has 4 rings (SSSR count). The Kier molecular flexibility index (Phi) is 3.93. The zero-order chi connectivity index (χ0) is 17.4. The summed E-state index contributed by atoms with van der Waals surface area (Å²) in [6, 6.07) is 18.7. The van der Waals surface area contributed by atoms with Crippen molar-refractivity contribution in [2.75, 3.05) is 0 Å². The minimum absolute atomic E-state index is 0.893. The Morgan fingerprint density at radius 2 is 1.68 bits per heavy atom. The smallest absolute Gasteiger partial charge is 0.342 e. The molecule has 0 aliphatic heterocycles. The van der Waals surface area contributed by atoms with Gasteiger partial charge in [-0.3, -0.25) is 0 Å². The third-order valence-electron chi connectivity index (χ3n) is 4.29. The van der Waals surface area contributed by atoms with E-state index in [0.29, 0.717) is 0 Å². The highest BCUT2D eigenvalue weighted by Crippen LogP contribution is 2.40. The summed E-state index contributed by atoms with van der Waals surface area (Å²) in [7, 11) is 4.08. The molecule has 0 radical (unpaired) electrons. The molecule has 25 heavy (non-hydrogen) atoms. The summed E-state index contributed by atoms with van der Waals surface area (Å²) in [6.45, 7) is 2.08. The zero-order valence-corrected chi connectivity index (χ0v) is 15.3. The second kappa shape index (κ2) is 6.26. The minimum atomic E-state index is 0.893. The molecule has 4 nitrogen and oxygen atoms in total. The van der Waals surface area contributed by atoms with Crippen LogP contribution in [-0.2, 0) is 14.1 Å². The van der Waals surface area contributed by atoms with Gasteiger partial charge in [-0.2, -0.15) is 0 Å². The van der Waals surface area contributed by atoms with Gasteiger partial charge in [0.25, 0.3) is 0 Å². The van der Waals surface area contributed by atoms with Crippen LogP contribution >= 0.6 is 11.3 Å². The lowest BCUT2D eigenvalue weighted by Crippen LogP contribution is -2.23. The van der Waals surface area contributed by atoms with Crippen molar-refractivity contribution in [3.8, 4) is 11.3 Å². The Morgan fingerprint density at radius 1 is 0.960 bits per heavy atom. The first kappa shape index (κ1) is 15.7. The molecule has 124 valence electrons. The topological polar surface area (TPSA) is 33.5 Å². The number of hydrogen-bond acceptors (Lipinski definition) is 3. The van der Waals surface area contributed by atoms with Crippen molar-refractivity contribution in [3.63, 3.8) is 0 Å². The van der Waals surface area contributed by atoms with E-state index in [0.717, 1.165) is 33.0 Å². The van der Waals surface area contributed by atoms with Gasteiger partial charge in [0.1, 0.15) is 11.9 Å². The summed E-state index contributed by atoms with van der Waals surface area (Å²) in [4.78, 5) is 1.22. The van der Waals surface area contributed by atoms with Gasteiger partial charge in [0, 0.05) is 22.9 Å². The van der Waals surface area contributed by atoms with Crippen LogP contribution in [0.1, 0.15) is 4.88 Å². The molecule has 4 aromatic rings. The van der Waals surface area contributed by atoms with Crippen LogP contribution in [-0.4, -0.2) is 4.57 Å². The Bertz CT molecular complexity index is 1070. The van der Waals surface area contributed by atoms with E-state index in [1.165, 1.54) is 4.88 Å². The molecule has 0 spiro atoms. The molecule has 2 heterocycles. The highest BCUT2D eigenvalue weighted by molar-refractivity contribution is 7.14. The number of thiazole rings is 1. The molecule has 0 N–H and O–H groups in total. The monoisotopic (exact) mass is 347 g/mol. The molecule has 0 atom stereocenters. The maximum atomic E-state index is 4.67. The van der Waals surface area contributed by atoms with E-state index in [1.807, 2.05) is 23.7 Å². The van der Waals surface area contributed by atoms with Gasteiger partial charge in [-0.05, 0) is 29.4 Å². The van der Waals surface area contributed by atoms with Gasteiger partial charge < -0.3 is 4.57 Å². The van der Waals surface area contributed by atoms with Crippen molar-refractivity contribution in [1.82, 2.24) is 4.57 Å². The molecule has 0 fully saturated rings. The van der Waals surface area contributed by atoms with Crippen molar-refractivity contribution >= 4 is 33.1 Å². The fourth-order valence-electron chi connectivity index (χ4n) is 3.15. The van der Waals surface area contributed by atoms with E-state index < -0.39 is 0 Å². The maximum Gasteiger partial charge on any atom is 0.408 e. The SMILES string of the molecule is Cc1c[n+](C)c(/N=N/c2c(-c3ccccc3)n(C)c3ccccc23)s1. The number of benzene rings is 2. The number of aryl methyl sites for hydroxylation is 3. The van der Waals surface area contributed by atoms with Gasteiger partial charge in [-0.1, -0.05) is 48.5 Å². The second-order valence-corrected chi connectivity index (χ2v) is 7.29. The number of azo groups is 1. The number of hydrogen-bond donors (Lipinski definition) is 0. The zero-order valence-electron chi connectivity index (χ0n) is 14.5. The van der Waals surface area contributed by atoms with Gasteiger partial charge in [-0.15, -0.1) is 0 Å². The highest BCUT2D eigenvalue weighted by Gasteiger charge is 2.19. The second-order valence-electron chi connectivity index (χ2n) is 6.07. The summed E-state index contributed by atoms with van der Waals surface area (Å²) in [6.07, 6.45) is 2.07. The van der Waals surface area contributed by atoms with Crippen LogP contribution in [0.2, 0.25) is 0 Å². The molecule has 5 heteroatoms. The summed E-state index contributed by atoms with van der Waals surface area (Å²) in [5.74, 6) is 0. The van der Waals surface area contributed by atoms with Crippen LogP contribution in [0.15, 0.2) is 71.0 Å². The molecule has 0 unspecified atom stereocenters.